The molecule has 0 aliphatic carbocycles. The van der Waals surface area contributed by atoms with Crippen LogP contribution in [0.15, 0.2) is 0 Å². The van der Waals surface area contributed by atoms with E-state index in [2.05, 4.69) is 0 Å². The highest BCUT2D eigenvalue weighted by atomic mass is 32.2. The van der Waals surface area contributed by atoms with Gasteiger partial charge in [0.25, 0.3) is 0 Å². The van der Waals surface area contributed by atoms with Gasteiger partial charge >= 0.3 is 12.0 Å². The molecule has 0 aromatic heterocycles. The molecule has 20 heavy (non-hydrogen) atoms. The average Bonchev–Trinajstić information content (AvgIpc) is 2.80. The number of carbonyl (C=O) groups is 2. The number of β-amino-alcohol motifs (C(OH)–C–C–N with tert-alkyl or cyclic N) is 1. The third-order valence-electron chi connectivity index (χ3n) is 3.89. The minimum Gasteiger partial charge on any atom is -0.480 e. The van der Waals surface area contributed by atoms with Gasteiger partial charge in [0.1, 0.15) is 6.04 Å². The Labute approximate surface area is 123 Å². The molecule has 7 heteroatoms. The van der Waals surface area contributed by atoms with E-state index >= 15 is 0 Å². The molecule has 0 aromatic carbocycles. The molecule has 3 atom stereocenters. The van der Waals surface area contributed by atoms with E-state index in [1.165, 1.54) is 16.7 Å². The van der Waals surface area contributed by atoms with E-state index in [4.69, 9.17) is 0 Å². The van der Waals surface area contributed by atoms with Gasteiger partial charge in [0, 0.05) is 12.3 Å². The maximum absolute atomic E-state index is 12.6. The number of piperidine rings is 1. The van der Waals surface area contributed by atoms with Crippen LogP contribution in [0.25, 0.3) is 0 Å². The fourth-order valence-electron chi connectivity index (χ4n) is 2.87. The van der Waals surface area contributed by atoms with Gasteiger partial charge in [-0.25, -0.2) is 9.59 Å². The summed E-state index contributed by atoms with van der Waals surface area (Å²) in [7, 11) is 0. The van der Waals surface area contributed by atoms with E-state index in [9.17, 15) is 19.8 Å². The first-order valence-corrected chi connectivity index (χ1v) is 8.04. The second kappa shape index (κ2) is 5.81. The first kappa shape index (κ1) is 15.4. The number of nitrogens with zero attached hydrogens (tertiary/aromatic N) is 2. The average molecular weight is 302 g/mol. The Morgan fingerprint density at radius 2 is 2.15 bits per heavy atom. The predicted octanol–water partition coefficient (Wildman–Crippen LogP) is 1.19. The molecule has 2 heterocycles. The molecule has 2 amide bonds. The fraction of sp³-hybridized carbons (Fsp3) is 0.846. The standard InChI is InChI=1S/C13H22N2O4S/c1-3-10-15(9(7-20-10)11(16)17)12(18)14-6-4-5-13(2,19)8-14/h9-10,19H,3-8H2,1-2H3,(H,16,17). The lowest BCUT2D eigenvalue weighted by molar-refractivity contribution is -0.141. The number of rotatable bonds is 2. The van der Waals surface area contributed by atoms with Crippen LogP contribution in [0.2, 0.25) is 0 Å². The molecular weight excluding hydrogens is 280 g/mol. The van der Waals surface area contributed by atoms with Crippen LogP contribution in [0.3, 0.4) is 0 Å². The maximum atomic E-state index is 12.6. The van der Waals surface area contributed by atoms with Crippen molar-refractivity contribution < 1.29 is 19.8 Å². The van der Waals surface area contributed by atoms with Crippen molar-refractivity contribution in [3.05, 3.63) is 0 Å². The highest BCUT2D eigenvalue weighted by Gasteiger charge is 2.44. The summed E-state index contributed by atoms with van der Waals surface area (Å²) in [5.41, 5.74) is -0.874. The molecule has 2 fully saturated rings. The maximum Gasteiger partial charge on any atom is 0.327 e. The van der Waals surface area contributed by atoms with E-state index in [0.717, 1.165) is 12.8 Å². The molecule has 2 N–H and O–H groups in total. The number of thioether (sulfide) groups is 1. The second-order valence-corrected chi connectivity index (χ2v) is 6.97. The van der Waals surface area contributed by atoms with Crippen molar-refractivity contribution in [2.75, 3.05) is 18.8 Å². The zero-order chi connectivity index (χ0) is 14.9. The van der Waals surface area contributed by atoms with Crippen LogP contribution in [0.1, 0.15) is 33.1 Å². The molecule has 2 saturated heterocycles. The van der Waals surface area contributed by atoms with Gasteiger partial charge in [-0.15, -0.1) is 11.8 Å². The lowest BCUT2D eigenvalue weighted by Gasteiger charge is -2.40. The lowest BCUT2D eigenvalue weighted by atomic mass is 9.95. The molecule has 6 nitrogen and oxygen atoms in total. The number of aliphatic hydroxyl groups is 1. The van der Waals surface area contributed by atoms with Gasteiger partial charge in [-0.1, -0.05) is 6.92 Å². The van der Waals surface area contributed by atoms with Crippen LogP contribution in [0.4, 0.5) is 4.79 Å². The van der Waals surface area contributed by atoms with Gasteiger partial charge in [-0.2, -0.15) is 0 Å². The fourth-order valence-corrected chi connectivity index (χ4v) is 4.21. The normalized spacial score (nSPS) is 34.4. The predicted molar refractivity (Wildman–Crippen MR) is 76.6 cm³/mol. The highest BCUT2D eigenvalue weighted by molar-refractivity contribution is 8.00. The summed E-state index contributed by atoms with van der Waals surface area (Å²) < 4.78 is 0. The topological polar surface area (TPSA) is 81.1 Å². The van der Waals surface area contributed by atoms with Gasteiger partial charge < -0.3 is 15.1 Å². The molecule has 0 saturated carbocycles. The van der Waals surface area contributed by atoms with Crippen LogP contribution in [0, 0.1) is 0 Å². The number of aliphatic carboxylic acids is 1. The van der Waals surface area contributed by atoms with Gasteiger partial charge in [0.2, 0.25) is 0 Å². The number of urea groups is 1. The number of carboxylic acids is 1. The SMILES string of the molecule is CCC1SCC(C(=O)O)N1C(=O)N1CCCC(C)(O)C1. The molecule has 0 radical (unpaired) electrons. The van der Waals surface area contributed by atoms with Gasteiger partial charge in [0.05, 0.1) is 17.5 Å². The monoisotopic (exact) mass is 302 g/mol. The van der Waals surface area contributed by atoms with Gasteiger partial charge in [-0.3, -0.25) is 4.90 Å². The first-order chi connectivity index (χ1) is 9.35. The Kier molecular flexibility index (Phi) is 4.49. The Hall–Kier alpha value is -0.950. The summed E-state index contributed by atoms with van der Waals surface area (Å²) in [5.74, 6) is -0.519. The molecular formula is C13H22N2O4S. The van der Waals surface area contributed by atoms with Crippen molar-refractivity contribution in [1.29, 1.82) is 0 Å². The summed E-state index contributed by atoms with van der Waals surface area (Å²) in [6, 6.07) is -1.02. The van der Waals surface area contributed by atoms with Crippen LogP contribution >= 0.6 is 11.8 Å². The van der Waals surface area contributed by atoms with E-state index in [-0.39, 0.29) is 17.9 Å². The van der Waals surface area contributed by atoms with Crippen LogP contribution in [-0.2, 0) is 4.79 Å². The summed E-state index contributed by atoms with van der Waals surface area (Å²) in [4.78, 5) is 27.0. The number of carboxylic acid groups (broad SMARTS) is 1. The Morgan fingerprint density at radius 3 is 2.70 bits per heavy atom. The summed E-state index contributed by atoms with van der Waals surface area (Å²) in [6.07, 6.45) is 2.14. The number of carbonyl (C=O) groups excluding carboxylic acids is 1. The van der Waals surface area contributed by atoms with Crippen LogP contribution in [-0.4, -0.2) is 67.9 Å². The smallest absolute Gasteiger partial charge is 0.327 e. The van der Waals surface area contributed by atoms with E-state index in [1.807, 2.05) is 6.92 Å². The summed E-state index contributed by atoms with van der Waals surface area (Å²) in [5, 5.41) is 19.3. The van der Waals surface area contributed by atoms with Crippen molar-refractivity contribution in [2.45, 2.75) is 50.1 Å². The highest BCUT2D eigenvalue weighted by Crippen LogP contribution is 2.33. The molecule has 2 aliphatic heterocycles. The zero-order valence-corrected chi connectivity index (χ0v) is 12.7. The summed E-state index contributed by atoms with van der Waals surface area (Å²) in [6.45, 7) is 4.53. The van der Waals surface area contributed by atoms with Crippen molar-refractivity contribution in [2.24, 2.45) is 0 Å². The van der Waals surface area contributed by atoms with Crippen molar-refractivity contribution in [3.8, 4) is 0 Å². The Morgan fingerprint density at radius 1 is 1.45 bits per heavy atom. The largest absolute Gasteiger partial charge is 0.480 e. The van der Waals surface area contributed by atoms with Crippen LogP contribution < -0.4 is 0 Å². The quantitative estimate of drug-likeness (QED) is 0.801. The van der Waals surface area contributed by atoms with Crippen molar-refractivity contribution in [1.82, 2.24) is 9.80 Å². The van der Waals surface area contributed by atoms with Crippen molar-refractivity contribution >= 4 is 23.8 Å². The minimum absolute atomic E-state index is 0.0875. The third-order valence-corrected chi connectivity index (χ3v) is 5.35. The minimum atomic E-state index is -0.953. The van der Waals surface area contributed by atoms with Crippen molar-refractivity contribution in [3.63, 3.8) is 0 Å². The molecule has 0 aromatic rings. The van der Waals surface area contributed by atoms with E-state index in [0.29, 0.717) is 18.7 Å². The molecule has 2 aliphatic rings. The van der Waals surface area contributed by atoms with Gasteiger partial charge in [0.15, 0.2) is 0 Å². The number of amides is 2. The second-order valence-electron chi connectivity index (χ2n) is 5.76. The Balaban J connectivity index is 2.14. The first-order valence-electron chi connectivity index (χ1n) is 7.00. The molecule has 3 unspecified atom stereocenters. The number of likely N-dealkylation sites (tertiary alicyclic amines) is 1. The summed E-state index contributed by atoms with van der Waals surface area (Å²) >= 11 is 1.51. The van der Waals surface area contributed by atoms with E-state index < -0.39 is 17.6 Å². The van der Waals surface area contributed by atoms with Gasteiger partial charge in [-0.05, 0) is 26.2 Å². The molecule has 0 bridgehead atoms. The van der Waals surface area contributed by atoms with Crippen LogP contribution in [0.5, 0.6) is 0 Å². The molecule has 2 rings (SSSR count). The Bertz CT molecular complexity index is 402. The third kappa shape index (κ3) is 3.03. The molecule has 0 spiro atoms. The van der Waals surface area contributed by atoms with E-state index in [1.54, 1.807) is 11.8 Å². The molecule has 114 valence electrons. The zero-order valence-electron chi connectivity index (χ0n) is 11.9. The number of hydrogen-bond donors (Lipinski definition) is 2. The number of hydrogen-bond acceptors (Lipinski definition) is 4. The lowest BCUT2D eigenvalue weighted by Crippen LogP contribution is -2.56.